The molecule has 0 aliphatic carbocycles. The van der Waals surface area contributed by atoms with Crippen LogP contribution in [0.5, 0.6) is 0 Å². The van der Waals surface area contributed by atoms with Crippen molar-refractivity contribution in [2.75, 3.05) is 0 Å². The van der Waals surface area contributed by atoms with Crippen molar-refractivity contribution in [3.05, 3.63) is 40.3 Å². The molecule has 2 heterocycles. The van der Waals surface area contributed by atoms with Gasteiger partial charge in [-0.1, -0.05) is 11.6 Å². The molecule has 0 fully saturated rings. The van der Waals surface area contributed by atoms with E-state index in [1.165, 1.54) is 12.1 Å². The molecule has 0 N–H and O–H groups in total. The van der Waals surface area contributed by atoms with Crippen molar-refractivity contribution < 1.29 is 13.6 Å². The van der Waals surface area contributed by atoms with E-state index in [0.29, 0.717) is 5.69 Å². The number of halogens is 3. The highest BCUT2D eigenvalue weighted by molar-refractivity contribution is 6.29. The molecule has 2 aromatic heterocycles. The van der Waals surface area contributed by atoms with Crippen LogP contribution in [0.4, 0.5) is 8.78 Å². The molecule has 2 aromatic rings. The maximum Gasteiger partial charge on any atom is 0.300 e. The van der Waals surface area contributed by atoms with Crippen LogP contribution in [0.25, 0.3) is 5.82 Å². The number of carbonyl (C=O) groups is 1. The lowest BCUT2D eigenvalue weighted by Gasteiger charge is -2.09. The lowest BCUT2D eigenvalue weighted by Crippen LogP contribution is -2.16. The minimum absolute atomic E-state index is 0.0271. The summed E-state index contributed by atoms with van der Waals surface area (Å²) in [6.45, 7) is 1.60. The number of nitriles is 1. The van der Waals surface area contributed by atoms with E-state index in [2.05, 4.69) is 10.1 Å². The largest absolute Gasteiger partial charge is 0.300 e. The molecule has 0 aliphatic heterocycles. The second-order valence-corrected chi connectivity index (χ2v) is 4.25. The van der Waals surface area contributed by atoms with Crippen LogP contribution in [0.1, 0.15) is 21.7 Å². The highest BCUT2D eigenvalue weighted by atomic mass is 35.5. The maximum absolute atomic E-state index is 12.6. The Hall–Kier alpha value is -2.33. The van der Waals surface area contributed by atoms with Crippen LogP contribution in [0, 0.1) is 18.3 Å². The fourth-order valence-electron chi connectivity index (χ4n) is 1.64. The Bertz CT molecular complexity index is 721. The first kappa shape index (κ1) is 14.1. The third-order valence-electron chi connectivity index (χ3n) is 2.51. The monoisotopic (exact) mass is 296 g/mol. The van der Waals surface area contributed by atoms with E-state index in [-0.39, 0.29) is 22.2 Å². The van der Waals surface area contributed by atoms with Crippen LogP contribution >= 0.6 is 11.6 Å². The summed E-state index contributed by atoms with van der Waals surface area (Å²) < 4.78 is 26.3. The highest BCUT2D eigenvalue weighted by Crippen LogP contribution is 2.20. The fraction of sp³-hybridized carbons (Fsp3) is 0.167. The van der Waals surface area contributed by atoms with Gasteiger partial charge >= 0.3 is 6.43 Å². The summed E-state index contributed by atoms with van der Waals surface area (Å²) in [5.41, 5.74) is 0.249. The van der Waals surface area contributed by atoms with E-state index in [9.17, 15) is 13.6 Å². The quantitative estimate of drug-likeness (QED) is 0.644. The molecule has 0 saturated heterocycles. The van der Waals surface area contributed by atoms with Crippen LogP contribution in [0.2, 0.25) is 5.15 Å². The number of carbonyl (C=O) groups excluding carboxylic acids is 1. The zero-order chi connectivity index (χ0) is 14.9. The van der Waals surface area contributed by atoms with Crippen molar-refractivity contribution in [3.8, 4) is 11.9 Å². The Balaban J connectivity index is 2.66. The molecule has 0 amide bonds. The SMILES string of the molecule is Cc1cc(C#N)nn1-c1nc(Cl)ccc1C(=O)C(F)F. The number of ketones is 1. The molecule has 0 spiro atoms. The topological polar surface area (TPSA) is 71.6 Å². The Morgan fingerprint density at radius 2 is 2.20 bits per heavy atom. The van der Waals surface area contributed by atoms with Gasteiger partial charge < -0.3 is 0 Å². The first-order valence-electron chi connectivity index (χ1n) is 5.40. The third-order valence-corrected chi connectivity index (χ3v) is 2.72. The minimum atomic E-state index is -3.16. The van der Waals surface area contributed by atoms with Gasteiger partial charge in [0.25, 0.3) is 0 Å². The van der Waals surface area contributed by atoms with Gasteiger partial charge in [-0.3, -0.25) is 4.79 Å². The van der Waals surface area contributed by atoms with Gasteiger partial charge in [0, 0.05) is 5.69 Å². The summed E-state index contributed by atoms with van der Waals surface area (Å²) in [6.07, 6.45) is -3.16. The fourth-order valence-corrected chi connectivity index (χ4v) is 1.78. The van der Waals surface area contributed by atoms with Gasteiger partial charge in [-0.05, 0) is 25.1 Å². The van der Waals surface area contributed by atoms with Gasteiger partial charge in [0.1, 0.15) is 11.2 Å². The minimum Gasteiger partial charge on any atom is -0.288 e. The number of hydrogen-bond donors (Lipinski definition) is 0. The summed E-state index contributed by atoms with van der Waals surface area (Å²) >= 11 is 5.73. The number of hydrogen-bond acceptors (Lipinski definition) is 4. The van der Waals surface area contributed by atoms with Gasteiger partial charge in [0.15, 0.2) is 11.5 Å². The zero-order valence-electron chi connectivity index (χ0n) is 10.1. The lowest BCUT2D eigenvalue weighted by atomic mass is 10.1. The molecule has 0 saturated carbocycles. The molecule has 0 bridgehead atoms. The van der Waals surface area contributed by atoms with Crippen LogP contribution in [-0.2, 0) is 0 Å². The number of pyridine rings is 1. The molecule has 0 unspecified atom stereocenters. The summed E-state index contributed by atoms with van der Waals surface area (Å²) in [5, 5.41) is 12.7. The van der Waals surface area contributed by atoms with Crippen LogP contribution in [-0.4, -0.2) is 27.0 Å². The molecular formula is C12H7ClF2N4O. The first-order valence-corrected chi connectivity index (χ1v) is 5.78. The van der Waals surface area contributed by atoms with Crippen molar-refractivity contribution in [1.29, 1.82) is 5.26 Å². The maximum atomic E-state index is 12.6. The third kappa shape index (κ3) is 2.51. The van der Waals surface area contributed by atoms with Crippen LogP contribution in [0.3, 0.4) is 0 Å². The number of Topliss-reactive ketones (excluding diaryl/α,β-unsaturated/α-hetero) is 1. The second kappa shape index (κ2) is 5.35. The van der Waals surface area contributed by atoms with Crippen molar-refractivity contribution in [2.45, 2.75) is 13.3 Å². The van der Waals surface area contributed by atoms with E-state index in [1.807, 2.05) is 6.07 Å². The standard InChI is InChI=1S/C12H7ClF2N4O/c1-6-4-7(5-16)18-19(6)12-8(10(20)11(14)15)2-3-9(13)17-12/h2-4,11H,1H3. The summed E-state index contributed by atoms with van der Waals surface area (Å²) in [4.78, 5) is 15.4. The smallest absolute Gasteiger partial charge is 0.288 e. The number of nitrogens with zero attached hydrogens (tertiary/aromatic N) is 4. The van der Waals surface area contributed by atoms with E-state index in [4.69, 9.17) is 16.9 Å². The van der Waals surface area contributed by atoms with E-state index in [1.54, 1.807) is 6.92 Å². The van der Waals surface area contributed by atoms with E-state index >= 15 is 0 Å². The summed E-state index contributed by atoms with van der Waals surface area (Å²) in [7, 11) is 0. The average Bonchev–Trinajstić information content (AvgIpc) is 2.79. The number of alkyl halides is 2. The van der Waals surface area contributed by atoms with Crippen LogP contribution < -0.4 is 0 Å². The predicted octanol–water partition coefficient (Wildman–Crippen LogP) is 2.55. The van der Waals surface area contributed by atoms with Crippen molar-refractivity contribution in [1.82, 2.24) is 14.8 Å². The number of rotatable bonds is 3. The van der Waals surface area contributed by atoms with Crippen molar-refractivity contribution in [2.24, 2.45) is 0 Å². The Morgan fingerprint density at radius 1 is 1.50 bits per heavy atom. The Kier molecular flexibility index (Phi) is 3.77. The summed E-state index contributed by atoms with van der Waals surface area (Å²) in [5.74, 6) is -1.50. The molecule has 0 radical (unpaired) electrons. The predicted molar refractivity (Wildman–Crippen MR) is 66.2 cm³/mol. The molecule has 8 heteroatoms. The molecule has 0 atom stereocenters. The second-order valence-electron chi connectivity index (χ2n) is 3.86. The van der Waals surface area contributed by atoms with E-state index < -0.39 is 12.2 Å². The van der Waals surface area contributed by atoms with Gasteiger partial charge in [0.05, 0.1) is 5.56 Å². The molecule has 0 aliphatic rings. The van der Waals surface area contributed by atoms with Crippen molar-refractivity contribution in [3.63, 3.8) is 0 Å². The zero-order valence-corrected chi connectivity index (χ0v) is 10.9. The molecule has 0 aromatic carbocycles. The summed E-state index contributed by atoms with van der Waals surface area (Å²) in [6, 6.07) is 5.66. The van der Waals surface area contributed by atoms with Gasteiger partial charge in [-0.2, -0.15) is 10.4 Å². The molecule has 5 nitrogen and oxygen atoms in total. The van der Waals surface area contributed by atoms with Gasteiger partial charge in [0.2, 0.25) is 5.78 Å². The highest BCUT2D eigenvalue weighted by Gasteiger charge is 2.24. The average molecular weight is 297 g/mol. The normalized spacial score (nSPS) is 10.6. The Morgan fingerprint density at radius 3 is 2.75 bits per heavy atom. The van der Waals surface area contributed by atoms with Gasteiger partial charge in [-0.25, -0.2) is 18.4 Å². The molecular weight excluding hydrogens is 290 g/mol. The van der Waals surface area contributed by atoms with E-state index in [0.717, 1.165) is 10.7 Å². The lowest BCUT2D eigenvalue weighted by molar-refractivity contribution is 0.0678. The number of aryl methyl sites for hydroxylation is 1. The van der Waals surface area contributed by atoms with Crippen molar-refractivity contribution >= 4 is 17.4 Å². The molecule has 2 rings (SSSR count). The van der Waals surface area contributed by atoms with Crippen LogP contribution in [0.15, 0.2) is 18.2 Å². The molecule has 102 valence electrons. The Labute approximate surface area is 117 Å². The molecule has 20 heavy (non-hydrogen) atoms. The van der Waals surface area contributed by atoms with Gasteiger partial charge in [-0.15, -0.1) is 0 Å². The first-order chi connectivity index (χ1) is 9.43. The number of aromatic nitrogens is 3.